The third-order valence-corrected chi connectivity index (χ3v) is 2.51. The number of hydrogen-bond donors (Lipinski definition) is 2. The molecule has 1 unspecified atom stereocenters. The Balaban J connectivity index is 3.65. The largest absolute Gasteiger partial charge is 0.479 e. The van der Waals surface area contributed by atoms with E-state index in [9.17, 15) is 36.2 Å². The molecule has 20 heavy (non-hydrogen) atoms. The van der Waals surface area contributed by atoms with Crippen LogP contribution in [0.4, 0.5) is 26.3 Å². The number of carboxylic acids is 1. The van der Waals surface area contributed by atoms with Crippen molar-refractivity contribution in [1.82, 2.24) is 0 Å². The fraction of sp³-hybridized carbons (Fsp3) is 0.364. The fourth-order valence-corrected chi connectivity index (χ4v) is 1.71. The van der Waals surface area contributed by atoms with Crippen LogP contribution in [0.2, 0.25) is 0 Å². The molecule has 0 amide bonds. The first-order valence-electron chi connectivity index (χ1n) is 5.05. The Labute approximate surface area is 108 Å². The van der Waals surface area contributed by atoms with E-state index in [0.29, 0.717) is 0 Å². The third kappa shape index (κ3) is 3.21. The van der Waals surface area contributed by atoms with Gasteiger partial charge in [0.2, 0.25) is 0 Å². The van der Waals surface area contributed by atoms with E-state index in [-0.39, 0.29) is 12.1 Å². The second kappa shape index (κ2) is 4.97. The van der Waals surface area contributed by atoms with Gasteiger partial charge in [0.25, 0.3) is 0 Å². The van der Waals surface area contributed by atoms with Gasteiger partial charge in [-0.3, -0.25) is 0 Å². The summed E-state index contributed by atoms with van der Waals surface area (Å²) in [5, 5.41) is 17.7. The van der Waals surface area contributed by atoms with E-state index in [0.717, 1.165) is 6.92 Å². The van der Waals surface area contributed by atoms with Gasteiger partial charge in [-0.1, -0.05) is 0 Å². The molecule has 0 aliphatic rings. The molecule has 112 valence electrons. The molecule has 3 nitrogen and oxygen atoms in total. The number of halogens is 6. The van der Waals surface area contributed by atoms with Crippen molar-refractivity contribution in [2.24, 2.45) is 0 Å². The van der Waals surface area contributed by atoms with Crippen LogP contribution < -0.4 is 0 Å². The molecule has 1 aromatic rings. The standard InChI is InChI=1S/C11H8F6O3/c1-4-2-5(10(12,13)14)3-6(8(18)9(19)20)7(4)11(15,16)17/h2-3,8,18H,1H3,(H,19,20). The van der Waals surface area contributed by atoms with Crippen LogP contribution in [0.3, 0.4) is 0 Å². The van der Waals surface area contributed by atoms with Gasteiger partial charge in [-0.2, -0.15) is 26.3 Å². The summed E-state index contributed by atoms with van der Waals surface area (Å²) in [6.07, 6.45) is -12.7. The molecule has 0 saturated heterocycles. The van der Waals surface area contributed by atoms with E-state index >= 15 is 0 Å². The third-order valence-electron chi connectivity index (χ3n) is 2.51. The average Bonchev–Trinajstić information content (AvgIpc) is 2.23. The zero-order valence-corrected chi connectivity index (χ0v) is 9.80. The van der Waals surface area contributed by atoms with Crippen molar-refractivity contribution in [2.45, 2.75) is 25.4 Å². The van der Waals surface area contributed by atoms with Crippen LogP contribution in [0.1, 0.15) is 28.4 Å². The monoisotopic (exact) mass is 302 g/mol. The first-order chi connectivity index (χ1) is 8.85. The SMILES string of the molecule is Cc1cc(C(F)(F)F)cc(C(O)C(=O)O)c1C(F)(F)F. The average molecular weight is 302 g/mol. The molecule has 0 saturated carbocycles. The predicted molar refractivity (Wildman–Crippen MR) is 53.8 cm³/mol. The number of rotatable bonds is 2. The van der Waals surface area contributed by atoms with Gasteiger partial charge < -0.3 is 10.2 Å². The minimum absolute atomic E-state index is 0.00535. The molecule has 1 aromatic carbocycles. The van der Waals surface area contributed by atoms with Crippen LogP contribution in [-0.4, -0.2) is 16.2 Å². The van der Waals surface area contributed by atoms with Gasteiger partial charge in [0.1, 0.15) is 0 Å². The summed E-state index contributed by atoms with van der Waals surface area (Å²) in [7, 11) is 0. The maximum atomic E-state index is 12.8. The molecule has 9 heteroatoms. The van der Waals surface area contributed by atoms with Gasteiger partial charge in [-0.25, -0.2) is 4.79 Å². The molecule has 0 spiro atoms. The minimum atomic E-state index is -5.08. The van der Waals surface area contributed by atoms with Crippen LogP contribution in [0, 0.1) is 6.92 Å². The van der Waals surface area contributed by atoms with Crippen LogP contribution in [0.25, 0.3) is 0 Å². The van der Waals surface area contributed by atoms with Gasteiger partial charge in [-0.05, 0) is 24.6 Å². The molecule has 0 heterocycles. The topological polar surface area (TPSA) is 57.5 Å². The molecule has 0 aliphatic carbocycles. The van der Waals surface area contributed by atoms with Crippen molar-refractivity contribution < 1.29 is 41.4 Å². The molecule has 1 atom stereocenters. The molecule has 2 N–H and O–H groups in total. The Bertz CT molecular complexity index is 532. The lowest BCUT2D eigenvalue weighted by Crippen LogP contribution is -2.20. The summed E-state index contributed by atoms with van der Waals surface area (Å²) in [4.78, 5) is 10.6. The maximum absolute atomic E-state index is 12.8. The van der Waals surface area contributed by atoms with E-state index in [1.807, 2.05) is 0 Å². The van der Waals surface area contributed by atoms with E-state index in [1.165, 1.54) is 0 Å². The first-order valence-corrected chi connectivity index (χ1v) is 5.05. The fourth-order valence-electron chi connectivity index (χ4n) is 1.71. The van der Waals surface area contributed by atoms with E-state index in [2.05, 4.69) is 0 Å². The highest BCUT2D eigenvalue weighted by Crippen LogP contribution is 2.40. The van der Waals surface area contributed by atoms with Gasteiger partial charge in [-0.15, -0.1) is 0 Å². The molecular formula is C11H8F6O3. The second-order valence-corrected chi connectivity index (χ2v) is 3.99. The van der Waals surface area contributed by atoms with Crippen molar-refractivity contribution >= 4 is 5.97 Å². The molecule has 0 radical (unpaired) electrons. The Morgan fingerprint density at radius 2 is 1.60 bits per heavy atom. The minimum Gasteiger partial charge on any atom is -0.479 e. The van der Waals surface area contributed by atoms with Crippen molar-refractivity contribution in [2.75, 3.05) is 0 Å². The van der Waals surface area contributed by atoms with Crippen molar-refractivity contribution in [3.63, 3.8) is 0 Å². The quantitative estimate of drug-likeness (QED) is 0.825. The molecule has 1 rings (SSSR count). The summed E-state index contributed by atoms with van der Waals surface area (Å²) in [5.74, 6) is -2.07. The molecular weight excluding hydrogens is 294 g/mol. The van der Waals surface area contributed by atoms with Crippen molar-refractivity contribution in [1.29, 1.82) is 0 Å². The lowest BCUT2D eigenvalue weighted by Gasteiger charge is -2.20. The normalized spacial score (nSPS) is 14.2. The van der Waals surface area contributed by atoms with Gasteiger partial charge >= 0.3 is 18.3 Å². The number of aryl methyl sites for hydroxylation is 1. The van der Waals surface area contributed by atoms with E-state index < -0.39 is 46.7 Å². The number of aliphatic hydroxyl groups excluding tert-OH is 1. The first kappa shape index (κ1) is 16.3. The van der Waals surface area contributed by atoms with Crippen molar-refractivity contribution in [3.8, 4) is 0 Å². The Morgan fingerprint density at radius 3 is 1.95 bits per heavy atom. The molecule has 0 aliphatic heterocycles. The highest BCUT2D eigenvalue weighted by Gasteiger charge is 2.41. The van der Waals surface area contributed by atoms with Gasteiger partial charge in [0.05, 0.1) is 11.1 Å². The Morgan fingerprint density at radius 1 is 1.10 bits per heavy atom. The zero-order chi connectivity index (χ0) is 15.9. The van der Waals surface area contributed by atoms with Crippen LogP contribution >= 0.6 is 0 Å². The Kier molecular flexibility index (Phi) is 4.04. The molecule has 0 bridgehead atoms. The second-order valence-electron chi connectivity index (χ2n) is 3.99. The summed E-state index contributed by atoms with van der Waals surface area (Å²) in [5.41, 5.74) is -5.20. The lowest BCUT2D eigenvalue weighted by atomic mass is 9.94. The number of hydrogen-bond acceptors (Lipinski definition) is 2. The van der Waals surface area contributed by atoms with Crippen molar-refractivity contribution in [3.05, 3.63) is 34.4 Å². The Hall–Kier alpha value is -1.77. The smallest absolute Gasteiger partial charge is 0.417 e. The van der Waals surface area contributed by atoms with Gasteiger partial charge in [0, 0.05) is 5.56 Å². The highest BCUT2D eigenvalue weighted by atomic mass is 19.4. The predicted octanol–water partition coefficient (Wildman–Crippen LogP) is 3.15. The number of alkyl halides is 6. The van der Waals surface area contributed by atoms with Gasteiger partial charge in [0.15, 0.2) is 6.10 Å². The van der Waals surface area contributed by atoms with Crippen LogP contribution in [0.5, 0.6) is 0 Å². The summed E-state index contributed by atoms with van der Waals surface area (Å²) in [6, 6.07) is 0.246. The van der Waals surface area contributed by atoms with E-state index in [4.69, 9.17) is 5.11 Å². The van der Waals surface area contributed by atoms with E-state index in [1.54, 1.807) is 0 Å². The number of aliphatic hydroxyl groups is 1. The van der Waals surface area contributed by atoms with Crippen LogP contribution in [0.15, 0.2) is 12.1 Å². The number of benzene rings is 1. The number of carbonyl (C=O) groups is 1. The summed E-state index contributed by atoms with van der Waals surface area (Å²) < 4.78 is 75.9. The maximum Gasteiger partial charge on any atom is 0.417 e. The highest BCUT2D eigenvalue weighted by molar-refractivity contribution is 5.75. The zero-order valence-electron chi connectivity index (χ0n) is 9.80. The van der Waals surface area contributed by atoms with Crippen LogP contribution in [-0.2, 0) is 17.1 Å². The summed E-state index contributed by atoms with van der Waals surface area (Å²) in [6.45, 7) is 0.760. The molecule has 0 fully saturated rings. The number of carboxylic acid groups (broad SMARTS) is 1. The molecule has 0 aromatic heterocycles. The number of aliphatic carboxylic acids is 1. The summed E-state index contributed by atoms with van der Waals surface area (Å²) >= 11 is 0. The lowest BCUT2D eigenvalue weighted by molar-refractivity contribution is -0.150.